The molecule has 1 heterocycles. The summed E-state index contributed by atoms with van der Waals surface area (Å²) in [7, 11) is 0. The van der Waals surface area contributed by atoms with Gasteiger partial charge in [0.1, 0.15) is 5.82 Å². The van der Waals surface area contributed by atoms with E-state index in [1.165, 1.54) is 17.7 Å². The molecule has 0 atom stereocenters. The first-order valence-electron chi connectivity index (χ1n) is 10.7. The Kier molecular flexibility index (Phi) is 7.68. The number of carbonyl (C=O) groups is 2. The van der Waals surface area contributed by atoms with E-state index in [1.807, 2.05) is 24.3 Å². The van der Waals surface area contributed by atoms with Crippen LogP contribution >= 0.6 is 11.6 Å². The molecular formula is C24H29ClFN3O2. The summed E-state index contributed by atoms with van der Waals surface area (Å²) in [5, 5.41) is 0.0997. The van der Waals surface area contributed by atoms with Crippen LogP contribution in [0.2, 0.25) is 5.02 Å². The molecule has 2 aromatic carbocycles. The van der Waals surface area contributed by atoms with E-state index in [2.05, 4.69) is 25.7 Å². The molecule has 0 spiro atoms. The first-order chi connectivity index (χ1) is 14.8. The predicted octanol–water partition coefficient (Wildman–Crippen LogP) is 4.31. The van der Waals surface area contributed by atoms with Crippen LogP contribution in [0, 0.1) is 5.82 Å². The van der Waals surface area contributed by atoms with Gasteiger partial charge in [0.25, 0.3) is 11.8 Å². The van der Waals surface area contributed by atoms with E-state index in [4.69, 9.17) is 11.6 Å². The Labute approximate surface area is 188 Å². The van der Waals surface area contributed by atoms with Gasteiger partial charge in [0.15, 0.2) is 0 Å². The van der Waals surface area contributed by atoms with Crippen LogP contribution in [-0.4, -0.2) is 65.3 Å². The standard InChI is InChI=1S/C24H29ClFN3O2/c1-4-27(17(2)3)16-18-5-7-19(8-6-18)23(30)28-11-13-29(14-12-28)24(31)21-10-9-20(26)15-22(21)25/h5-10,15,17H,4,11-14,16H2,1-3H3. The van der Waals surface area contributed by atoms with Crippen LogP contribution in [0.3, 0.4) is 0 Å². The van der Waals surface area contributed by atoms with Crippen molar-refractivity contribution in [1.82, 2.24) is 14.7 Å². The lowest BCUT2D eigenvalue weighted by atomic mass is 10.1. The number of halogens is 2. The maximum absolute atomic E-state index is 13.2. The van der Waals surface area contributed by atoms with Crippen LogP contribution in [-0.2, 0) is 6.54 Å². The lowest BCUT2D eigenvalue weighted by Gasteiger charge is -2.35. The highest BCUT2D eigenvalue weighted by atomic mass is 35.5. The smallest absolute Gasteiger partial charge is 0.255 e. The van der Waals surface area contributed by atoms with Gasteiger partial charge in [-0.15, -0.1) is 0 Å². The maximum atomic E-state index is 13.2. The van der Waals surface area contributed by atoms with Crippen molar-refractivity contribution in [2.75, 3.05) is 32.7 Å². The van der Waals surface area contributed by atoms with Crippen LogP contribution in [0.15, 0.2) is 42.5 Å². The number of piperazine rings is 1. The van der Waals surface area contributed by atoms with E-state index in [-0.39, 0.29) is 22.4 Å². The van der Waals surface area contributed by atoms with Crippen molar-refractivity contribution in [3.8, 4) is 0 Å². The average molecular weight is 446 g/mol. The van der Waals surface area contributed by atoms with Crippen LogP contribution < -0.4 is 0 Å². The Balaban J connectivity index is 1.58. The summed E-state index contributed by atoms with van der Waals surface area (Å²) in [6, 6.07) is 12.0. The summed E-state index contributed by atoms with van der Waals surface area (Å²) in [5.41, 5.74) is 2.11. The Bertz CT molecular complexity index is 925. The third-order valence-electron chi connectivity index (χ3n) is 5.74. The van der Waals surface area contributed by atoms with Crippen molar-refractivity contribution in [1.29, 1.82) is 0 Å². The number of nitrogens with zero attached hydrogens (tertiary/aromatic N) is 3. The van der Waals surface area contributed by atoms with Gasteiger partial charge in [-0.3, -0.25) is 14.5 Å². The first-order valence-corrected chi connectivity index (χ1v) is 11.0. The van der Waals surface area contributed by atoms with Crippen LogP contribution in [0.5, 0.6) is 0 Å². The summed E-state index contributed by atoms with van der Waals surface area (Å²) in [6.45, 7) is 10.0. The monoisotopic (exact) mass is 445 g/mol. The van der Waals surface area contributed by atoms with Crippen molar-refractivity contribution >= 4 is 23.4 Å². The molecule has 0 N–H and O–H groups in total. The largest absolute Gasteiger partial charge is 0.335 e. The highest BCUT2D eigenvalue weighted by molar-refractivity contribution is 6.33. The Morgan fingerprint density at radius 2 is 1.58 bits per heavy atom. The zero-order valence-corrected chi connectivity index (χ0v) is 19.0. The molecule has 1 fully saturated rings. The van der Waals surface area contributed by atoms with Crippen LogP contribution in [0.4, 0.5) is 4.39 Å². The number of hydrogen-bond donors (Lipinski definition) is 0. The Morgan fingerprint density at radius 1 is 1.00 bits per heavy atom. The van der Waals surface area contributed by atoms with Gasteiger partial charge >= 0.3 is 0 Å². The third kappa shape index (κ3) is 5.63. The lowest BCUT2D eigenvalue weighted by Crippen LogP contribution is -2.50. The van der Waals surface area contributed by atoms with E-state index in [1.54, 1.807) is 9.80 Å². The summed E-state index contributed by atoms with van der Waals surface area (Å²) in [4.78, 5) is 31.3. The molecular weight excluding hydrogens is 417 g/mol. The second-order valence-corrected chi connectivity index (χ2v) is 8.47. The molecule has 0 radical (unpaired) electrons. The minimum Gasteiger partial charge on any atom is -0.335 e. The van der Waals surface area contributed by atoms with E-state index in [0.717, 1.165) is 19.2 Å². The molecule has 31 heavy (non-hydrogen) atoms. The molecule has 0 aromatic heterocycles. The molecule has 0 unspecified atom stereocenters. The maximum Gasteiger partial charge on any atom is 0.255 e. The number of hydrogen-bond acceptors (Lipinski definition) is 3. The molecule has 2 aromatic rings. The van der Waals surface area contributed by atoms with Gasteiger partial charge < -0.3 is 9.80 Å². The van der Waals surface area contributed by atoms with E-state index < -0.39 is 5.82 Å². The van der Waals surface area contributed by atoms with E-state index in [9.17, 15) is 14.0 Å². The molecule has 0 bridgehead atoms. The zero-order chi connectivity index (χ0) is 22.5. The van der Waals surface area contributed by atoms with Gasteiger partial charge in [-0.2, -0.15) is 0 Å². The molecule has 2 amide bonds. The molecule has 1 aliphatic heterocycles. The fraction of sp³-hybridized carbons (Fsp3) is 0.417. The fourth-order valence-corrected chi connectivity index (χ4v) is 4.02. The number of rotatable bonds is 6. The topological polar surface area (TPSA) is 43.9 Å². The van der Waals surface area contributed by atoms with Gasteiger partial charge in [0.05, 0.1) is 10.6 Å². The normalized spacial score (nSPS) is 14.4. The van der Waals surface area contributed by atoms with Gasteiger partial charge in [-0.05, 0) is 56.3 Å². The quantitative estimate of drug-likeness (QED) is 0.665. The summed E-state index contributed by atoms with van der Waals surface area (Å²) in [5.74, 6) is -0.753. The second kappa shape index (κ2) is 10.2. The molecule has 0 saturated carbocycles. The molecule has 1 aliphatic rings. The molecule has 1 saturated heterocycles. The minimum absolute atomic E-state index is 0.0327. The van der Waals surface area contributed by atoms with Crippen molar-refractivity contribution < 1.29 is 14.0 Å². The lowest BCUT2D eigenvalue weighted by molar-refractivity contribution is 0.0535. The third-order valence-corrected chi connectivity index (χ3v) is 6.05. The molecule has 3 rings (SSSR count). The summed E-state index contributed by atoms with van der Waals surface area (Å²) >= 11 is 6.02. The number of benzene rings is 2. The predicted molar refractivity (Wildman–Crippen MR) is 121 cm³/mol. The Hall–Kier alpha value is -2.44. The molecule has 0 aliphatic carbocycles. The first kappa shape index (κ1) is 23.2. The Morgan fingerprint density at radius 3 is 2.10 bits per heavy atom. The van der Waals surface area contributed by atoms with Crippen molar-refractivity contribution in [3.63, 3.8) is 0 Å². The van der Waals surface area contributed by atoms with E-state index >= 15 is 0 Å². The van der Waals surface area contributed by atoms with Gasteiger partial charge in [-0.25, -0.2) is 4.39 Å². The fourth-order valence-electron chi connectivity index (χ4n) is 3.78. The second-order valence-electron chi connectivity index (χ2n) is 8.06. The summed E-state index contributed by atoms with van der Waals surface area (Å²) in [6.07, 6.45) is 0. The molecule has 166 valence electrons. The van der Waals surface area contributed by atoms with Crippen molar-refractivity contribution in [2.45, 2.75) is 33.4 Å². The SMILES string of the molecule is CCN(Cc1ccc(C(=O)N2CCN(C(=O)c3ccc(F)cc3Cl)CC2)cc1)C(C)C. The van der Waals surface area contributed by atoms with Crippen LogP contribution in [0.1, 0.15) is 47.1 Å². The number of carbonyl (C=O) groups excluding carboxylic acids is 2. The molecule has 7 heteroatoms. The molecule has 5 nitrogen and oxygen atoms in total. The highest BCUT2D eigenvalue weighted by Gasteiger charge is 2.26. The highest BCUT2D eigenvalue weighted by Crippen LogP contribution is 2.20. The average Bonchev–Trinajstić information content (AvgIpc) is 2.77. The van der Waals surface area contributed by atoms with Gasteiger partial charge in [-0.1, -0.05) is 30.7 Å². The van der Waals surface area contributed by atoms with E-state index in [0.29, 0.717) is 37.8 Å². The van der Waals surface area contributed by atoms with Crippen LogP contribution in [0.25, 0.3) is 0 Å². The summed E-state index contributed by atoms with van der Waals surface area (Å²) < 4.78 is 13.2. The number of amides is 2. The van der Waals surface area contributed by atoms with Crippen molar-refractivity contribution in [2.24, 2.45) is 0 Å². The van der Waals surface area contributed by atoms with Crippen molar-refractivity contribution in [3.05, 3.63) is 70.0 Å². The zero-order valence-electron chi connectivity index (χ0n) is 18.3. The van der Waals surface area contributed by atoms with Gasteiger partial charge in [0.2, 0.25) is 0 Å². The minimum atomic E-state index is -0.477. The van der Waals surface area contributed by atoms with Gasteiger partial charge in [0, 0.05) is 44.3 Å².